The fourth-order valence-electron chi connectivity index (χ4n) is 3.85. The van der Waals surface area contributed by atoms with Crippen molar-refractivity contribution in [1.82, 2.24) is 20.9 Å². The highest BCUT2D eigenvalue weighted by molar-refractivity contribution is 7.98. The maximum absolute atomic E-state index is 13.0. The zero-order valence-electron chi connectivity index (χ0n) is 21.8. The highest BCUT2D eigenvalue weighted by Gasteiger charge is 2.33. The summed E-state index contributed by atoms with van der Waals surface area (Å²) in [6.07, 6.45) is 1.96. The van der Waals surface area contributed by atoms with Gasteiger partial charge in [-0.25, -0.2) is 4.79 Å². The van der Waals surface area contributed by atoms with E-state index in [1.807, 2.05) is 24.5 Å². The van der Waals surface area contributed by atoms with Crippen LogP contribution in [-0.2, 0) is 30.4 Å². The van der Waals surface area contributed by atoms with Crippen molar-refractivity contribution in [2.75, 3.05) is 12.0 Å². The number of amides is 4. The van der Waals surface area contributed by atoms with Crippen LogP contribution in [0, 0.1) is 0 Å². The molecule has 2 rings (SSSR count). The normalized spacial score (nSPS) is 15.0. The number of aliphatic hydroxyl groups is 1. The number of fused-ring (bicyclic) bond motifs is 1. The lowest BCUT2D eigenvalue weighted by Gasteiger charge is -2.26. The lowest BCUT2D eigenvalue weighted by atomic mass is 10.0. The van der Waals surface area contributed by atoms with Crippen molar-refractivity contribution < 1.29 is 34.2 Å². The van der Waals surface area contributed by atoms with Crippen LogP contribution in [0.15, 0.2) is 30.5 Å². The Labute approximate surface area is 229 Å². The highest BCUT2D eigenvalue weighted by Crippen LogP contribution is 2.19. The summed E-state index contributed by atoms with van der Waals surface area (Å²) in [5, 5.41) is 27.9. The van der Waals surface area contributed by atoms with E-state index in [4.69, 9.17) is 11.5 Å². The van der Waals surface area contributed by atoms with E-state index in [-0.39, 0.29) is 19.3 Å². The second-order valence-electron chi connectivity index (χ2n) is 9.14. The molecule has 13 nitrogen and oxygen atoms in total. The average molecular weight is 565 g/mol. The molecule has 0 spiro atoms. The van der Waals surface area contributed by atoms with Gasteiger partial charge in [-0.2, -0.15) is 11.8 Å². The summed E-state index contributed by atoms with van der Waals surface area (Å²) in [4.78, 5) is 64.8. The van der Waals surface area contributed by atoms with Crippen molar-refractivity contribution in [1.29, 1.82) is 0 Å². The third-order valence-corrected chi connectivity index (χ3v) is 6.70. The maximum Gasteiger partial charge on any atom is 0.326 e. The summed E-state index contributed by atoms with van der Waals surface area (Å²) in [6.45, 7) is 1.25. The van der Waals surface area contributed by atoms with Crippen molar-refractivity contribution in [3.8, 4) is 0 Å². The Hall–Kier alpha value is -3.62. The van der Waals surface area contributed by atoms with Crippen LogP contribution in [-0.4, -0.2) is 87.1 Å². The number of nitrogens with one attached hydrogen (secondary N) is 4. The molecule has 0 fully saturated rings. The number of aromatic nitrogens is 1. The van der Waals surface area contributed by atoms with Crippen molar-refractivity contribution in [3.05, 3.63) is 36.0 Å². The van der Waals surface area contributed by atoms with Crippen LogP contribution < -0.4 is 27.4 Å². The van der Waals surface area contributed by atoms with Crippen LogP contribution >= 0.6 is 11.8 Å². The maximum atomic E-state index is 13.0. The number of carbonyl (C=O) groups is 5. The van der Waals surface area contributed by atoms with E-state index < -0.39 is 59.9 Å². The third-order valence-electron chi connectivity index (χ3n) is 6.06. The first-order chi connectivity index (χ1) is 18.4. The quantitative estimate of drug-likeness (QED) is 0.124. The van der Waals surface area contributed by atoms with Crippen molar-refractivity contribution in [3.63, 3.8) is 0 Å². The van der Waals surface area contributed by atoms with E-state index in [1.54, 1.807) is 12.3 Å². The molecule has 1 aromatic heterocycles. The molecule has 0 saturated carbocycles. The smallest absolute Gasteiger partial charge is 0.326 e. The van der Waals surface area contributed by atoms with E-state index in [0.717, 1.165) is 10.9 Å². The van der Waals surface area contributed by atoms with E-state index in [1.165, 1.54) is 18.7 Å². The van der Waals surface area contributed by atoms with Crippen LogP contribution in [0.3, 0.4) is 0 Å². The van der Waals surface area contributed by atoms with Gasteiger partial charge in [0.05, 0.1) is 12.1 Å². The Kier molecular flexibility index (Phi) is 12.2. The number of hydrogen-bond acceptors (Lipinski definition) is 8. The summed E-state index contributed by atoms with van der Waals surface area (Å²) in [6, 6.07) is 2.17. The van der Waals surface area contributed by atoms with Crippen LogP contribution in [0.2, 0.25) is 0 Å². The van der Waals surface area contributed by atoms with Gasteiger partial charge in [-0.1, -0.05) is 18.2 Å². The Morgan fingerprint density at radius 3 is 2.28 bits per heavy atom. The molecule has 0 aliphatic rings. The lowest BCUT2D eigenvalue weighted by molar-refractivity contribution is -0.143. The topological polar surface area (TPSA) is 230 Å². The molecule has 214 valence electrons. The highest BCUT2D eigenvalue weighted by atomic mass is 32.2. The molecule has 2 aromatic rings. The SMILES string of the molecule is CSCCC(N)C(=O)NC(CCC(N)=O)C(=O)NC(C(=O)NC(Cc1c[nH]c2ccccc12)C(=O)O)C(C)O. The molecule has 1 aromatic carbocycles. The first-order valence-electron chi connectivity index (χ1n) is 12.3. The van der Waals surface area contributed by atoms with Crippen LogP contribution in [0.1, 0.15) is 31.7 Å². The molecule has 39 heavy (non-hydrogen) atoms. The summed E-state index contributed by atoms with van der Waals surface area (Å²) in [7, 11) is 0. The zero-order valence-corrected chi connectivity index (χ0v) is 22.6. The number of rotatable bonds is 16. The predicted octanol–water partition coefficient (Wildman–Crippen LogP) is -1.02. The van der Waals surface area contributed by atoms with Gasteiger partial charge in [-0.15, -0.1) is 0 Å². The summed E-state index contributed by atoms with van der Waals surface area (Å²) >= 11 is 1.49. The Morgan fingerprint density at radius 2 is 1.67 bits per heavy atom. The van der Waals surface area contributed by atoms with Gasteiger partial charge in [0, 0.05) is 29.9 Å². The minimum atomic E-state index is -1.56. The van der Waals surface area contributed by atoms with Gasteiger partial charge in [-0.3, -0.25) is 19.2 Å². The number of nitrogens with two attached hydrogens (primary N) is 2. The molecule has 4 amide bonds. The first-order valence-corrected chi connectivity index (χ1v) is 13.7. The van der Waals surface area contributed by atoms with E-state index >= 15 is 0 Å². The number of primary amides is 1. The number of aromatic amines is 1. The molecule has 1 heterocycles. The number of hydrogen-bond donors (Lipinski definition) is 8. The minimum absolute atomic E-state index is 0.0587. The number of aliphatic hydroxyl groups excluding tert-OH is 1. The monoisotopic (exact) mass is 564 g/mol. The standard InChI is InChI=1S/C25H36N6O7S/c1-13(32)21(31-23(35)18(7-8-20(27)33)29-22(34)16(26)9-10-39-2)24(36)30-19(25(37)38)11-14-12-28-17-6-4-3-5-15(14)17/h3-6,12-13,16,18-19,21,28,32H,7-11,26H2,1-2H3,(H2,27,33)(H,29,34)(H,30,36)(H,31,35)(H,37,38). The largest absolute Gasteiger partial charge is 0.480 e. The van der Waals surface area contributed by atoms with Gasteiger partial charge in [0.25, 0.3) is 0 Å². The molecular weight excluding hydrogens is 528 g/mol. The molecule has 0 saturated heterocycles. The number of carbonyl (C=O) groups excluding carboxylic acids is 4. The van der Waals surface area contributed by atoms with Crippen molar-refractivity contribution in [2.24, 2.45) is 11.5 Å². The zero-order chi connectivity index (χ0) is 29.1. The fourth-order valence-corrected chi connectivity index (χ4v) is 4.34. The van der Waals surface area contributed by atoms with Gasteiger partial charge < -0.3 is 42.6 Å². The number of carboxylic acid groups (broad SMARTS) is 1. The van der Waals surface area contributed by atoms with Gasteiger partial charge in [0.2, 0.25) is 23.6 Å². The van der Waals surface area contributed by atoms with E-state index in [0.29, 0.717) is 17.7 Å². The lowest BCUT2D eigenvalue weighted by Crippen LogP contribution is -2.60. The molecule has 5 unspecified atom stereocenters. The number of thioether (sulfide) groups is 1. The fraction of sp³-hybridized carbons (Fsp3) is 0.480. The van der Waals surface area contributed by atoms with Gasteiger partial charge in [0.15, 0.2) is 0 Å². The number of aliphatic carboxylic acids is 1. The number of carboxylic acids is 1. The van der Waals surface area contributed by atoms with E-state index in [9.17, 15) is 34.2 Å². The summed E-state index contributed by atoms with van der Waals surface area (Å²) < 4.78 is 0. The molecule has 0 aliphatic heterocycles. The predicted molar refractivity (Wildman–Crippen MR) is 147 cm³/mol. The second-order valence-corrected chi connectivity index (χ2v) is 10.1. The molecule has 14 heteroatoms. The number of para-hydroxylation sites is 1. The summed E-state index contributed by atoms with van der Waals surface area (Å²) in [5.74, 6) is -3.85. The van der Waals surface area contributed by atoms with Crippen LogP contribution in [0.4, 0.5) is 0 Å². The Morgan fingerprint density at radius 1 is 1.00 bits per heavy atom. The number of benzene rings is 1. The van der Waals surface area contributed by atoms with Gasteiger partial charge >= 0.3 is 5.97 Å². The van der Waals surface area contributed by atoms with Crippen LogP contribution in [0.5, 0.6) is 0 Å². The first kappa shape index (κ1) is 31.6. The molecule has 10 N–H and O–H groups in total. The van der Waals surface area contributed by atoms with Crippen LogP contribution in [0.25, 0.3) is 10.9 Å². The average Bonchev–Trinajstić information content (AvgIpc) is 3.29. The molecule has 0 bridgehead atoms. The van der Waals surface area contributed by atoms with Crippen molar-refractivity contribution in [2.45, 2.75) is 62.9 Å². The Bertz CT molecular complexity index is 1170. The molecule has 0 radical (unpaired) electrons. The Balaban J connectivity index is 2.15. The van der Waals surface area contributed by atoms with Crippen molar-refractivity contribution >= 4 is 52.3 Å². The molecule has 0 aliphatic carbocycles. The number of H-pyrrole nitrogens is 1. The molecular formula is C25H36N6O7S. The molecule has 5 atom stereocenters. The summed E-state index contributed by atoms with van der Waals surface area (Å²) in [5.41, 5.74) is 12.5. The second kappa shape index (κ2) is 15.1. The van der Waals surface area contributed by atoms with Gasteiger partial charge in [-0.05, 0) is 43.4 Å². The van der Waals surface area contributed by atoms with Gasteiger partial charge in [0.1, 0.15) is 18.1 Å². The third kappa shape index (κ3) is 9.57. The van der Waals surface area contributed by atoms with E-state index in [2.05, 4.69) is 20.9 Å². The minimum Gasteiger partial charge on any atom is -0.480 e.